The number of halogens is 1. The molecular weight excluding hydrogens is 246 g/mol. The van der Waals surface area contributed by atoms with Gasteiger partial charge in [0, 0.05) is 0 Å². The van der Waals surface area contributed by atoms with Crippen LogP contribution in [0.25, 0.3) is 0 Å². The van der Waals surface area contributed by atoms with Crippen LogP contribution in [0.4, 0.5) is 0 Å². The lowest BCUT2D eigenvalue weighted by Gasteiger charge is -2.34. The number of rotatable bonds is 1. The van der Waals surface area contributed by atoms with E-state index >= 15 is 0 Å². The highest BCUT2D eigenvalue weighted by Crippen LogP contribution is 2.43. The van der Waals surface area contributed by atoms with Crippen LogP contribution in [0.15, 0.2) is 18.2 Å². The van der Waals surface area contributed by atoms with Crippen LogP contribution in [0.1, 0.15) is 49.3 Å². The zero-order valence-electron chi connectivity index (χ0n) is 11.2. The van der Waals surface area contributed by atoms with Crippen LogP contribution in [-0.4, -0.2) is 13.1 Å². The van der Waals surface area contributed by atoms with Crippen molar-refractivity contribution in [3.63, 3.8) is 0 Å². The number of hydrogen-bond acceptors (Lipinski definition) is 2. The number of fused-ring (bicyclic) bond motifs is 2. The lowest BCUT2D eigenvalue weighted by atomic mass is 9.83. The Morgan fingerprint density at radius 2 is 1.94 bits per heavy atom. The molecule has 1 spiro atoms. The molecule has 2 nitrogen and oxygen atoms in total. The van der Waals surface area contributed by atoms with Crippen molar-refractivity contribution in [3.8, 4) is 0 Å². The van der Waals surface area contributed by atoms with Gasteiger partial charge in [-0.2, -0.15) is 0 Å². The van der Waals surface area contributed by atoms with E-state index in [4.69, 9.17) is 4.74 Å². The third-order valence-corrected chi connectivity index (χ3v) is 4.20. The molecule has 2 heterocycles. The molecule has 0 radical (unpaired) electrons. The van der Waals surface area contributed by atoms with Gasteiger partial charge in [0.1, 0.15) is 0 Å². The maximum Gasteiger partial charge on any atom is 0.0963 e. The quantitative estimate of drug-likeness (QED) is 0.843. The predicted molar refractivity (Wildman–Crippen MR) is 76.3 cm³/mol. The minimum atomic E-state index is 0. The fourth-order valence-corrected chi connectivity index (χ4v) is 3.07. The average Bonchev–Trinajstić information content (AvgIpc) is 2.69. The van der Waals surface area contributed by atoms with E-state index in [1.54, 1.807) is 0 Å². The number of ether oxygens (including phenoxy) is 1. The maximum absolute atomic E-state index is 6.15. The van der Waals surface area contributed by atoms with Crippen molar-refractivity contribution in [1.82, 2.24) is 5.32 Å². The second-order valence-electron chi connectivity index (χ2n) is 5.60. The summed E-state index contributed by atoms with van der Waals surface area (Å²) in [5.41, 5.74) is 4.32. The molecule has 3 heteroatoms. The van der Waals surface area contributed by atoms with E-state index in [0.29, 0.717) is 5.92 Å². The van der Waals surface area contributed by atoms with E-state index in [-0.39, 0.29) is 18.0 Å². The fraction of sp³-hybridized carbons (Fsp3) is 0.600. The van der Waals surface area contributed by atoms with E-state index in [1.807, 2.05) is 0 Å². The van der Waals surface area contributed by atoms with E-state index < -0.39 is 0 Å². The first-order valence-corrected chi connectivity index (χ1v) is 6.69. The minimum absolute atomic E-state index is 0. The van der Waals surface area contributed by atoms with Gasteiger partial charge in [0.2, 0.25) is 0 Å². The molecule has 0 amide bonds. The van der Waals surface area contributed by atoms with E-state index in [9.17, 15) is 0 Å². The molecule has 1 fully saturated rings. The predicted octanol–water partition coefficient (Wildman–Crippen LogP) is 3.34. The first-order valence-electron chi connectivity index (χ1n) is 6.69. The van der Waals surface area contributed by atoms with Crippen LogP contribution in [0.3, 0.4) is 0 Å². The molecule has 3 rings (SSSR count). The summed E-state index contributed by atoms with van der Waals surface area (Å²) in [5, 5.41) is 3.42. The van der Waals surface area contributed by atoms with Gasteiger partial charge in [-0.1, -0.05) is 32.0 Å². The summed E-state index contributed by atoms with van der Waals surface area (Å²) in [4.78, 5) is 0. The zero-order valence-corrected chi connectivity index (χ0v) is 12.0. The Morgan fingerprint density at radius 1 is 1.22 bits per heavy atom. The summed E-state index contributed by atoms with van der Waals surface area (Å²) in [6.45, 7) is 7.45. The summed E-state index contributed by atoms with van der Waals surface area (Å²) in [6.07, 6.45) is 2.22. The summed E-state index contributed by atoms with van der Waals surface area (Å²) in [5.74, 6) is 0.602. The zero-order chi connectivity index (χ0) is 11.9. The van der Waals surface area contributed by atoms with Crippen LogP contribution < -0.4 is 5.32 Å². The summed E-state index contributed by atoms with van der Waals surface area (Å²) >= 11 is 0. The molecule has 0 unspecified atom stereocenters. The molecule has 100 valence electrons. The summed E-state index contributed by atoms with van der Waals surface area (Å²) < 4.78 is 6.15. The van der Waals surface area contributed by atoms with Crippen LogP contribution >= 0.6 is 12.4 Å². The molecule has 1 aromatic carbocycles. The highest BCUT2D eigenvalue weighted by Gasteiger charge is 2.40. The molecule has 0 atom stereocenters. The lowest BCUT2D eigenvalue weighted by Crippen LogP contribution is -2.39. The Kier molecular flexibility index (Phi) is 4.00. The summed E-state index contributed by atoms with van der Waals surface area (Å²) in [6, 6.07) is 6.93. The van der Waals surface area contributed by atoms with Gasteiger partial charge in [-0.25, -0.2) is 0 Å². The highest BCUT2D eigenvalue weighted by atomic mass is 35.5. The lowest BCUT2D eigenvalue weighted by molar-refractivity contribution is -0.0590. The van der Waals surface area contributed by atoms with Gasteiger partial charge in [0.15, 0.2) is 0 Å². The van der Waals surface area contributed by atoms with E-state index in [0.717, 1.165) is 32.5 Å². The van der Waals surface area contributed by atoms with Crippen molar-refractivity contribution in [2.75, 3.05) is 13.1 Å². The van der Waals surface area contributed by atoms with Crippen LogP contribution in [0.5, 0.6) is 0 Å². The van der Waals surface area contributed by atoms with Crippen molar-refractivity contribution in [2.24, 2.45) is 0 Å². The SMILES string of the molecule is CC(C)c1ccc2c(c1)COC21CCNCC1.Cl. The van der Waals surface area contributed by atoms with Gasteiger partial charge in [0.05, 0.1) is 12.2 Å². The van der Waals surface area contributed by atoms with Gasteiger partial charge in [-0.05, 0) is 48.5 Å². The first kappa shape index (κ1) is 13.9. The van der Waals surface area contributed by atoms with Gasteiger partial charge in [0.25, 0.3) is 0 Å². The third kappa shape index (κ3) is 2.18. The molecule has 18 heavy (non-hydrogen) atoms. The van der Waals surface area contributed by atoms with Crippen LogP contribution in [0, 0.1) is 0 Å². The number of benzene rings is 1. The van der Waals surface area contributed by atoms with Crippen molar-refractivity contribution in [3.05, 3.63) is 34.9 Å². The number of piperidine rings is 1. The first-order chi connectivity index (χ1) is 8.21. The van der Waals surface area contributed by atoms with Crippen LogP contribution in [-0.2, 0) is 16.9 Å². The van der Waals surface area contributed by atoms with Crippen molar-refractivity contribution < 1.29 is 4.74 Å². The van der Waals surface area contributed by atoms with Gasteiger partial charge in [-0.15, -0.1) is 12.4 Å². The normalized spacial score (nSPS) is 20.8. The smallest absolute Gasteiger partial charge is 0.0963 e. The molecule has 2 aliphatic rings. The Labute approximate surface area is 116 Å². The van der Waals surface area contributed by atoms with E-state index in [1.165, 1.54) is 16.7 Å². The van der Waals surface area contributed by atoms with Gasteiger partial charge in [-0.3, -0.25) is 0 Å². The fourth-order valence-electron chi connectivity index (χ4n) is 3.07. The highest BCUT2D eigenvalue weighted by molar-refractivity contribution is 5.85. The second kappa shape index (κ2) is 5.20. The molecule has 0 aliphatic carbocycles. The average molecular weight is 268 g/mol. The molecule has 1 aromatic rings. The van der Waals surface area contributed by atoms with Crippen molar-refractivity contribution >= 4 is 12.4 Å². The Bertz CT molecular complexity index is 425. The molecule has 1 saturated heterocycles. The molecule has 1 N–H and O–H groups in total. The standard InChI is InChI=1S/C15H21NO.ClH/c1-11(2)12-3-4-14-13(9-12)10-17-15(14)5-7-16-8-6-15;/h3-4,9,11,16H,5-8,10H2,1-2H3;1H. The minimum Gasteiger partial charge on any atom is -0.365 e. The second-order valence-corrected chi connectivity index (χ2v) is 5.60. The Hall–Kier alpha value is -0.570. The largest absolute Gasteiger partial charge is 0.365 e. The van der Waals surface area contributed by atoms with Crippen molar-refractivity contribution in [1.29, 1.82) is 0 Å². The molecule has 0 aromatic heterocycles. The maximum atomic E-state index is 6.15. The third-order valence-electron chi connectivity index (χ3n) is 4.20. The number of hydrogen-bond donors (Lipinski definition) is 1. The molecule has 2 aliphatic heterocycles. The van der Waals surface area contributed by atoms with E-state index in [2.05, 4.69) is 37.4 Å². The van der Waals surface area contributed by atoms with Gasteiger partial charge < -0.3 is 10.1 Å². The topological polar surface area (TPSA) is 21.3 Å². The molecule has 0 saturated carbocycles. The summed E-state index contributed by atoms with van der Waals surface area (Å²) in [7, 11) is 0. The number of nitrogens with one attached hydrogen (secondary N) is 1. The Morgan fingerprint density at radius 3 is 2.61 bits per heavy atom. The van der Waals surface area contributed by atoms with Crippen molar-refractivity contribution in [2.45, 2.75) is 44.8 Å². The van der Waals surface area contributed by atoms with Gasteiger partial charge >= 0.3 is 0 Å². The Balaban J connectivity index is 0.00000120. The molecular formula is C15H22ClNO. The van der Waals surface area contributed by atoms with Crippen LogP contribution in [0.2, 0.25) is 0 Å². The molecule has 0 bridgehead atoms. The monoisotopic (exact) mass is 267 g/mol.